The Kier molecular flexibility index (Phi) is 6.08. The third-order valence-electron chi connectivity index (χ3n) is 11.5. The van der Waals surface area contributed by atoms with E-state index < -0.39 is 57.3 Å². The largest absolute Gasteiger partial charge is 0.507 e. The third kappa shape index (κ3) is 3.07. The number of allylic oxidation sites excluding steroid dienone is 3. The lowest BCUT2D eigenvalue weighted by molar-refractivity contribution is -0.211. The summed E-state index contributed by atoms with van der Waals surface area (Å²) in [6, 6.07) is 3.80. The maximum atomic E-state index is 14.6. The molecule has 0 spiro atoms. The van der Waals surface area contributed by atoms with Gasteiger partial charge < -0.3 is 10.2 Å². The zero-order chi connectivity index (χ0) is 29.0. The molecule has 0 bridgehead atoms. The smallest absolute Gasteiger partial charge is 0.206 e. The summed E-state index contributed by atoms with van der Waals surface area (Å²) in [5, 5.41) is 23.8. The highest BCUT2D eigenvalue weighted by Crippen LogP contribution is 2.69. The fourth-order valence-corrected chi connectivity index (χ4v) is 9.35. The second-order valence-corrected chi connectivity index (χ2v) is 13.2. The Hall–Kier alpha value is -2.86. The molecule has 6 nitrogen and oxygen atoms in total. The molecular weight excluding hydrogens is 492 g/mol. The number of phenols is 1. The highest BCUT2D eigenvalue weighted by molar-refractivity contribution is 6.33. The molecule has 1 fully saturated rings. The first kappa shape index (κ1) is 27.7. The van der Waals surface area contributed by atoms with E-state index in [1.165, 1.54) is 6.92 Å². The molecule has 4 aliphatic carbocycles. The van der Waals surface area contributed by atoms with Gasteiger partial charge in [-0.25, -0.2) is 0 Å². The van der Waals surface area contributed by atoms with E-state index in [2.05, 4.69) is 6.08 Å². The zero-order valence-corrected chi connectivity index (χ0v) is 24.2. The predicted octanol–water partition coefficient (Wildman–Crippen LogP) is 5.46. The van der Waals surface area contributed by atoms with Crippen LogP contribution in [-0.4, -0.2) is 38.9 Å². The average Bonchev–Trinajstić information content (AvgIpc) is 3.38. The Balaban J connectivity index is 1.79. The van der Waals surface area contributed by atoms with Crippen LogP contribution in [0.5, 0.6) is 5.75 Å². The van der Waals surface area contributed by atoms with Gasteiger partial charge in [0.15, 0.2) is 23.0 Å². The molecule has 1 aromatic rings. The first-order chi connectivity index (χ1) is 18.1. The molecule has 39 heavy (non-hydrogen) atoms. The van der Waals surface area contributed by atoms with Gasteiger partial charge in [-0.2, -0.15) is 0 Å². The second kappa shape index (κ2) is 8.57. The Morgan fingerprint density at radius 1 is 1.08 bits per heavy atom. The maximum absolute atomic E-state index is 14.6. The minimum absolute atomic E-state index is 0.0156. The van der Waals surface area contributed by atoms with Gasteiger partial charge in [0.05, 0.1) is 17.1 Å². The van der Waals surface area contributed by atoms with E-state index in [9.17, 15) is 29.4 Å². The van der Waals surface area contributed by atoms with Crippen LogP contribution in [0, 0.1) is 34.5 Å². The van der Waals surface area contributed by atoms with Crippen molar-refractivity contribution in [3.05, 3.63) is 52.1 Å². The van der Waals surface area contributed by atoms with Gasteiger partial charge in [-0.15, -0.1) is 0 Å². The summed E-state index contributed by atoms with van der Waals surface area (Å²) in [6.45, 7) is 14.6. The first-order valence-corrected chi connectivity index (χ1v) is 14.2. The minimum atomic E-state index is -2.54. The van der Waals surface area contributed by atoms with Crippen molar-refractivity contribution in [2.24, 2.45) is 34.5 Å². The topological polar surface area (TPSA) is 109 Å². The lowest BCUT2D eigenvalue weighted by atomic mass is 9.35. The quantitative estimate of drug-likeness (QED) is 0.304. The summed E-state index contributed by atoms with van der Waals surface area (Å²) in [5.74, 6) is -5.57. The van der Waals surface area contributed by atoms with Gasteiger partial charge in [-0.1, -0.05) is 71.4 Å². The Morgan fingerprint density at radius 2 is 1.69 bits per heavy atom. The van der Waals surface area contributed by atoms with Gasteiger partial charge in [0.1, 0.15) is 5.75 Å². The SMILES string of the molecule is CC(=O)C1=C(C)[C@@H](C(C)C)[C@]2(C)[C@@H](C)[C@@]3(C)C(C(=O)c4c(ccc(C5C=CCC5)c4O)[C@@H]3C)C(=O)[C@]2(O)C1=O. The predicted molar refractivity (Wildman–Crippen MR) is 148 cm³/mol. The number of aliphatic hydroxyl groups is 1. The monoisotopic (exact) mass is 532 g/mol. The van der Waals surface area contributed by atoms with Crippen LogP contribution < -0.4 is 0 Å². The number of benzene rings is 1. The Bertz CT molecular complexity index is 1400. The first-order valence-electron chi connectivity index (χ1n) is 14.2. The second-order valence-electron chi connectivity index (χ2n) is 13.2. The normalized spacial score (nSPS) is 39.6. The molecule has 4 aliphatic rings. The molecule has 2 unspecified atom stereocenters. The van der Waals surface area contributed by atoms with Crippen molar-refractivity contribution in [3.8, 4) is 5.75 Å². The lowest BCUT2D eigenvalue weighted by Crippen LogP contribution is -2.77. The molecular formula is C33H40O6. The van der Waals surface area contributed by atoms with E-state index in [4.69, 9.17) is 0 Å². The van der Waals surface area contributed by atoms with Crippen molar-refractivity contribution < 1.29 is 29.4 Å². The number of fused-ring (bicyclic) bond motifs is 3. The molecule has 208 valence electrons. The molecule has 0 radical (unpaired) electrons. The molecule has 1 saturated carbocycles. The van der Waals surface area contributed by atoms with Crippen LogP contribution in [0.15, 0.2) is 35.4 Å². The summed E-state index contributed by atoms with van der Waals surface area (Å²) in [5.41, 5.74) is -2.81. The molecule has 0 amide bonds. The van der Waals surface area contributed by atoms with E-state index in [0.717, 1.165) is 12.8 Å². The molecule has 0 aromatic heterocycles. The molecule has 0 heterocycles. The summed E-state index contributed by atoms with van der Waals surface area (Å²) in [4.78, 5) is 55.8. The Morgan fingerprint density at radius 3 is 2.23 bits per heavy atom. The lowest BCUT2D eigenvalue weighted by Gasteiger charge is -2.66. The molecule has 0 saturated heterocycles. The van der Waals surface area contributed by atoms with Gasteiger partial charge in [0.2, 0.25) is 5.78 Å². The Labute approximate surface area is 230 Å². The summed E-state index contributed by atoms with van der Waals surface area (Å²) >= 11 is 0. The molecule has 5 rings (SSSR count). The van der Waals surface area contributed by atoms with E-state index in [1.54, 1.807) is 13.8 Å². The number of Topliss-reactive ketones (excluding diaryl/α,β-unsaturated/α-hetero) is 4. The molecule has 1 aromatic carbocycles. The molecule has 8 atom stereocenters. The van der Waals surface area contributed by atoms with Gasteiger partial charge >= 0.3 is 0 Å². The minimum Gasteiger partial charge on any atom is -0.507 e. The van der Waals surface area contributed by atoms with Gasteiger partial charge in [-0.05, 0) is 61.3 Å². The van der Waals surface area contributed by atoms with Gasteiger partial charge in [0, 0.05) is 16.9 Å². The van der Waals surface area contributed by atoms with E-state index in [1.807, 2.05) is 52.8 Å². The highest BCUT2D eigenvalue weighted by Gasteiger charge is 2.77. The zero-order valence-electron chi connectivity index (χ0n) is 24.2. The van der Waals surface area contributed by atoms with E-state index in [-0.39, 0.29) is 34.6 Å². The fraction of sp³-hybridized carbons (Fsp3) is 0.576. The third-order valence-corrected chi connectivity index (χ3v) is 11.5. The average molecular weight is 533 g/mol. The van der Waals surface area contributed by atoms with E-state index in [0.29, 0.717) is 16.7 Å². The molecule has 0 aliphatic heterocycles. The van der Waals surface area contributed by atoms with Crippen molar-refractivity contribution >= 4 is 23.1 Å². The summed E-state index contributed by atoms with van der Waals surface area (Å²) in [7, 11) is 0. The van der Waals surface area contributed by atoms with Crippen LogP contribution in [0.4, 0.5) is 0 Å². The summed E-state index contributed by atoms with van der Waals surface area (Å²) in [6.07, 6.45) is 5.79. The van der Waals surface area contributed by atoms with E-state index >= 15 is 0 Å². The number of hydrogen-bond donors (Lipinski definition) is 2. The van der Waals surface area contributed by atoms with Crippen molar-refractivity contribution in [1.29, 1.82) is 0 Å². The number of phenolic OH excluding ortho intramolecular Hbond substituents is 1. The van der Waals surface area contributed by atoms with Gasteiger partial charge in [0.25, 0.3) is 0 Å². The number of ketones is 4. The van der Waals surface area contributed by atoms with Crippen molar-refractivity contribution in [1.82, 2.24) is 0 Å². The van der Waals surface area contributed by atoms with Crippen LogP contribution in [0.2, 0.25) is 0 Å². The van der Waals surface area contributed by atoms with Gasteiger partial charge in [-0.3, -0.25) is 19.2 Å². The maximum Gasteiger partial charge on any atom is 0.206 e. The number of aromatic hydroxyl groups is 1. The van der Waals surface area contributed by atoms with Crippen LogP contribution in [0.3, 0.4) is 0 Å². The van der Waals surface area contributed by atoms with Crippen molar-refractivity contribution in [3.63, 3.8) is 0 Å². The standard InChI is InChI=1S/C33H40O6/c1-15(2)25-16(3)23(18(5)34)29(37)33(39)30(38)26-28(36)24-21(17(4)31(26,7)19(6)32(25,33)8)13-14-22(27(24)35)20-11-9-10-12-20/h9,11,13-15,17,19-20,25-26,35,39H,10,12H2,1-8H3/t17-,19-,20?,25+,26?,31-,32-,33+/m0/s1. The fourth-order valence-electron chi connectivity index (χ4n) is 9.35. The number of carbonyl (C=O) groups is 4. The van der Waals surface area contributed by atoms with Crippen molar-refractivity contribution in [2.75, 3.05) is 0 Å². The molecule has 2 N–H and O–H groups in total. The summed E-state index contributed by atoms with van der Waals surface area (Å²) < 4.78 is 0. The number of hydrogen-bond acceptors (Lipinski definition) is 6. The highest BCUT2D eigenvalue weighted by atomic mass is 16.3. The van der Waals surface area contributed by atoms with Crippen LogP contribution >= 0.6 is 0 Å². The number of carbonyl (C=O) groups excluding carboxylic acids is 4. The van der Waals surface area contributed by atoms with Crippen LogP contribution in [0.1, 0.15) is 102 Å². The van der Waals surface area contributed by atoms with Crippen LogP contribution in [-0.2, 0) is 14.4 Å². The number of rotatable bonds is 3. The van der Waals surface area contributed by atoms with Crippen LogP contribution in [0.25, 0.3) is 0 Å². The molecule has 6 heteroatoms. The van der Waals surface area contributed by atoms with Crippen molar-refractivity contribution in [2.45, 2.75) is 85.7 Å².